The van der Waals surface area contributed by atoms with Crippen LogP contribution >= 0.6 is 0 Å². The molecular weight excluding hydrogens is 484 g/mol. The number of carbonyl (C=O) groups is 2. The molecule has 36 heavy (non-hydrogen) atoms. The molecular formula is C24H16F4N4O4. The molecule has 0 saturated heterocycles. The molecule has 1 unspecified atom stereocenters. The normalized spacial score (nSPS) is 14.6. The summed E-state index contributed by atoms with van der Waals surface area (Å²) in [5.74, 6) is -3.03. The van der Waals surface area contributed by atoms with Gasteiger partial charge in [0.1, 0.15) is 11.6 Å². The zero-order valence-corrected chi connectivity index (χ0v) is 18.2. The van der Waals surface area contributed by atoms with Crippen molar-refractivity contribution >= 4 is 22.8 Å². The van der Waals surface area contributed by atoms with E-state index in [-0.39, 0.29) is 33.8 Å². The van der Waals surface area contributed by atoms with Crippen molar-refractivity contribution in [1.29, 1.82) is 0 Å². The Kier molecular flexibility index (Phi) is 6.51. The number of carboxylic acids is 1. The highest BCUT2D eigenvalue weighted by molar-refractivity contribution is 5.98. The summed E-state index contributed by atoms with van der Waals surface area (Å²) in [6.07, 6.45) is -3.14. The monoisotopic (exact) mass is 500 g/mol. The SMILES string of the molecule is O=C(O)C(F)(F)F.O=C1NC(Cc2ccccc2)c2nc3cc(F)ccc3c(=O)n2-c2ncccc21. The van der Waals surface area contributed by atoms with Gasteiger partial charge in [-0.25, -0.2) is 23.7 Å². The van der Waals surface area contributed by atoms with Gasteiger partial charge in [0.15, 0.2) is 5.82 Å². The molecule has 0 bridgehead atoms. The first-order chi connectivity index (χ1) is 17.1. The predicted octanol–water partition coefficient (Wildman–Crippen LogP) is 3.58. The molecule has 1 amide bonds. The van der Waals surface area contributed by atoms with Crippen LogP contribution in [0.15, 0.2) is 71.7 Å². The molecule has 5 rings (SSSR count). The van der Waals surface area contributed by atoms with Crippen molar-refractivity contribution in [3.63, 3.8) is 0 Å². The maximum Gasteiger partial charge on any atom is 0.490 e. The molecule has 0 fully saturated rings. The molecule has 4 aromatic rings. The average Bonchev–Trinajstić information content (AvgIpc) is 2.94. The van der Waals surface area contributed by atoms with E-state index in [0.717, 1.165) is 5.56 Å². The fourth-order valence-electron chi connectivity index (χ4n) is 3.66. The minimum Gasteiger partial charge on any atom is -0.475 e. The molecule has 0 saturated carbocycles. The van der Waals surface area contributed by atoms with Crippen LogP contribution < -0.4 is 10.9 Å². The maximum absolute atomic E-state index is 13.8. The third-order valence-electron chi connectivity index (χ3n) is 5.24. The Bertz CT molecular complexity index is 1520. The number of nitrogens with one attached hydrogen (secondary N) is 1. The van der Waals surface area contributed by atoms with Crippen molar-refractivity contribution in [3.05, 3.63) is 100.0 Å². The van der Waals surface area contributed by atoms with Crippen LogP contribution in [0.4, 0.5) is 17.6 Å². The summed E-state index contributed by atoms with van der Waals surface area (Å²) in [5.41, 5.74) is 1.11. The van der Waals surface area contributed by atoms with Gasteiger partial charge in [0.2, 0.25) is 0 Å². The number of amides is 1. The molecule has 8 nitrogen and oxygen atoms in total. The van der Waals surface area contributed by atoms with Gasteiger partial charge in [-0.05, 0) is 36.2 Å². The lowest BCUT2D eigenvalue weighted by Crippen LogP contribution is -2.32. The summed E-state index contributed by atoms with van der Waals surface area (Å²) < 4.78 is 46.9. The van der Waals surface area contributed by atoms with Gasteiger partial charge in [-0.1, -0.05) is 30.3 Å². The molecule has 1 aliphatic heterocycles. The molecule has 0 radical (unpaired) electrons. The summed E-state index contributed by atoms with van der Waals surface area (Å²) >= 11 is 0. The van der Waals surface area contributed by atoms with E-state index in [2.05, 4.69) is 15.3 Å². The van der Waals surface area contributed by atoms with Gasteiger partial charge in [0.05, 0.1) is 22.5 Å². The molecule has 3 heterocycles. The number of hydrogen-bond donors (Lipinski definition) is 2. The van der Waals surface area contributed by atoms with E-state index in [0.29, 0.717) is 12.2 Å². The van der Waals surface area contributed by atoms with Gasteiger partial charge in [0, 0.05) is 12.3 Å². The number of pyridine rings is 1. The summed E-state index contributed by atoms with van der Waals surface area (Å²) in [6, 6.07) is 16.1. The molecule has 2 N–H and O–H groups in total. The number of carbonyl (C=O) groups excluding carboxylic acids is 1. The van der Waals surface area contributed by atoms with Crippen molar-refractivity contribution in [1.82, 2.24) is 19.9 Å². The number of aliphatic carboxylic acids is 1. The summed E-state index contributed by atoms with van der Waals surface area (Å²) in [7, 11) is 0. The Labute approximate surface area is 199 Å². The van der Waals surface area contributed by atoms with Crippen molar-refractivity contribution < 1.29 is 32.3 Å². The number of halogens is 4. The second-order valence-electron chi connectivity index (χ2n) is 7.67. The van der Waals surface area contributed by atoms with Crippen LogP contribution in [0, 0.1) is 5.82 Å². The molecule has 2 aromatic carbocycles. The van der Waals surface area contributed by atoms with E-state index >= 15 is 0 Å². The van der Waals surface area contributed by atoms with Gasteiger partial charge in [-0.15, -0.1) is 0 Å². The van der Waals surface area contributed by atoms with Crippen LogP contribution in [0.5, 0.6) is 0 Å². The molecule has 0 spiro atoms. The first-order valence-corrected chi connectivity index (χ1v) is 10.4. The lowest BCUT2D eigenvalue weighted by molar-refractivity contribution is -0.192. The first-order valence-electron chi connectivity index (χ1n) is 10.4. The van der Waals surface area contributed by atoms with E-state index in [1.54, 1.807) is 12.1 Å². The standard InChI is InChI=1S/C22H15FN4O2.C2HF3O2/c23-14-8-9-15-17(12-14)25-20-18(11-13-5-2-1-3-6-13)26-21(28)16-7-4-10-24-19(16)27(20)22(15)29;3-2(4,5)1(6)7/h1-10,12,18H,11H2,(H,26,28);(H,6,7). The third-order valence-corrected chi connectivity index (χ3v) is 5.24. The third kappa shape index (κ3) is 4.92. The number of benzene rings is 2. The largest absolute Gasteiger partial charge is 0.490 e. The molecule has 184 valence electrons. The Morgan fingerprint density at radius 2 is 1.75 bits per heavy atom. The first kappa shape index (κ1) is 24.5. The number of aromatic nitrogens is 3. The Balaban J connectivity index is 0.000000384. The highest BCUT2D eigenvalue weighted by Crippen LogP contribution is 2.26. The van der Waals surface area contributed by atoms with Gasteiger partial charge >= 0.3 is 12.1 Å². The second kappa shape index (κ2) is 9.56. The molecule has 0 aliphatic carbocycles. The summed E-state index contributed by atoms with van der Waals surface area (Å²) in [4.78, 5) is 44.0. The van der Waals surface area contributed by atoms with E-state index in [4.69, 9.17) is 9.90 Å². The van der Waals surface area contributed by atoms with Crippen LogP contribution in [-0.4, -0.2) is 37.7 Å². The number of nitrogens with zero attached hydrogens (tertiary/aromatic N) is 3. The van der Waals surface area contributed by atoms with Crippen molar-refractivity contribution in [3.8, 4) is 5.82 Å². The predicted molar refractivity (Wildman–Crippen MR) is 119 cm³/mol. The van der Waals surface area contributed by atoms with Gasteiger partial charge < -0.3 is 10.4 Å². The highest BCUT2D eigenvalue weighted by Gasteiger charge is 2.38. The van der Waals surface area contributed by atoms with Crippen LogP contribution in [0.2, 0.25) is 0 Å². The second-order valence-corrected chi connectivity index (χ2v) is 7.67. The zero-order chi connectivity index (χ0) is 26.0. The summed E-state index contributed by atoms with van der Waals surface area (Å²) in [5, 5.41) is 10.3. The van der Waals surface area contributed by atoms with Gasteiger partial charge in [-0.2, -0.15) is 13.2 Å². The highest BCUT2D eigenvalue weighted by atomic mass is 19.4. The fourth-order valence-corrected chi connectivity index (χ4v) is 3.66. The number of carboxylic acid groups (broad SMARTS) is 1. The minimum absolute atomic E-state index is 0.222. The number of alkyl halides is 3. The van der Waals surface area contributed by atoms with Gasteiger partial charge in [-0.3, -0.25) is 9.59 Å². The molecule has 2 aromatic heterocycles. The molecule has 1 aliphatic rings. The lowest BCUT2D eigenvalue weighted by Gasteiger charge is -2.19. The Hall–Kier alpha value is -4.61. The summed E-state index contributed by atoms with van der Waals surface area (Å²) in [6.45, 7) is 0. The van der Waals surface area contributed by atoms with Crippen molar-refractivity contribution in [2.24, 2.45) is 0 Å². The lowest BCUT2D eigenvalue weighted by atomic mass is 10.0. The van der Waals surface area contributed by atoms with Crippen LogP contribution in [0.25, 0.3) is 16.7 Å². The maximum atomic E-state index is 13.8. The Morgan fingerprint density at radius 3 is 2.42 bits per heavy atom. The molecule has 1 atom stereocenters. The Morgan fingerprint density at radius 1 is 1.06 bits per heavy atom. The fraction of sp³-hybridized carbons (Fsp3) is 0.125. The topological polar surface area (TPSA) is 114 Å². The quantitative estimate of drug-likeness (QED) is 0.407. The number of hydrogen-bond acceptors (Lipinski definition) is 5. The average molecular weight is 500 g/mol. The van der Waals surface area contributed by atoms with Crippen molar-refractivity contribution in [2.45, 2.75) is 18.6 Å². The van der Waals surface area contributed by atoms with Crippen LogP contribution in [0.1, 0.15) is 27.8 Å². The van der Waals surface area contributed by atoms with Gasteiger partial charge in [0.25, 0.3) is 11.5 Å². The van der Waals surface area contributed by atoms with E-state index in [1.165, 1.54) is 29.0 Å². The number of rotatable bonds is 2. The molecule has 12 heteroatoms. The van der Waals surface area contributed by atoms with Crippen molar-refractivity contribution in [2.75, 3.05) is 0 Å². The zero-order valence-electron chi connectivity index (χ0n) is 18.2. The van der Waals surface area contributed by atoms with E-state index in [9.17, 15) is 27.2 Å². The van der Waals surface area contributed by atoms with Crippen LogP contribution in [0.3, 0.4) is 0 Å². The number of fused-ring (bicyclic) bond motifs is 4. The minimum atomic E-state index is -5.08. The van der Waals surface area contributed by atoms with Crippen LogP contribution in [-0.2, 0) is 11.2 Å². The smallest absolute Gasteiger partial charge is 0.475 e. The van der Waals surface area contributed by atoms with E-state index < -0.39 is 24.0 Å². The van der Waals surface area contributed by atoms with E-state index in [1.807, 2.05) is 30.3 Å².